The Hall–Kier alpha value is -2.96. The molecular formula is C19H24N4O3. The van der Waals surface area contributed by atoms with Gasteiger partial charge in [-0.2, -0.15) is 5.10 Å². The molecule has 0 saturated carbocycles. The molecule has 0 saturated heterocycles. The van der Waals surface area contributed by atoms with Crippen molar-refractivity contribution in [1.82, 2.24) is 20.0 Å². The molecule has 0 radical (unpaired) electrons. The smallest absolute Gasteiger partial charge is 0.278 e. The van der Waals surface area contributed by atoms with Crippen molar-refractivity contribution in [1.29, 1.82) is 0 Å². The topological polar surface area (TPSA) is 84.3 Å². The highest BCUT2D eigenvalue weighted by molar-refractivity contribution is 5.94. The van der Waals surface area contributed by atoms with Crippen LogP contribution in [0.3, 0.4) is 0 Å². The van der Waals surface area contributed by atoms with Gasteiger partial charge >= 0.3 is 0 Å². The molecule has 1 aromatic heterocycles. The zero-order valence-electron chi connectivity index (χ0n) is 15.7. The molecule has 0 unspecified atom stereocenters. The van der Waals surface area contributed by atoms with Crippen molar-refractivity contribution < 1.29 is 9.59 Å². The van der Waals surface area contributed by atoms with Gasteiger partial charge in [0, 0.05) is 24.3 Å². The second-order valence-electron chi connectivity index (χ2n) is 7.21. The van der Waals surface area contributed by atoms with Crippen LogP contribution in [0, 0.1) is 6.92 Å². The predicted octanol–water partition coefficient (Wildman–Crippen LogP) is 1.53. The molecule has 0 atom stereocenters. The van der Waals surface area contributed by atoms with E-state index in [2.05, 4.69) is 10.4 Å². The van der Waals surface area contributed by atoms with Crippen molar-refractivity contribution in [2.45, 2.75) is 33.2 Å². The van der Waals surface area contributed by atoms with Crippen molar-refractivity contribution >= 4 is 11.8 Å². The Morgan fingerprint density at radius 3 is 2.38 bits per heavy atom. The molecule has 7 nitrogen and oxygen atoms in total. The fourth-order valence-corrected chi connectivity index (χ4v) is 2.45. The Bertz CT molecular complexity index is 867. The van der Waals surface area contributed by atoms with E-state index in [-0.39, 0.29) is 18.1 Å². The lowest BCUT2D eigenvalue weighted by Gasteiger charge is -2.23. The molecule has 7 heteroatoms. The number of aromatic nitrogens is 2. The Kier molecular flexibility index (Phi) is 5.59. The van der Waals surface area contributed by atoms with E-state index in [9.17, 15) is 14.4 Å². The van der Waals surface area contributed by atoms with Gasteiger partial charge in [0.2, 0.25) is 11.3 Å². The summed E-state index contributed by atoms with van der Waals surface area (Å²) in [7, 11) is 1.47. The maximum atomic E-state index is 12.6. The maximum Gasteiger partial charge on any atom is 0.278 e. The lowest BCUT2D eigenvalue weighted by atomic mass is 10.1. The van der Waals surface area contributed by atoms with Crippen LogP contribution in [0.15, 0.2) is 41.2 Å². The van der Waals surface area contributed by atoms with Crippen LogP contribution in [-0.4, -0.2) is 45.6 Å². The van der Waals surface area contributed by atoms with Gasteiger partial charge in [-0.3, -0.25) is 14.4 Å². The monoisotopic (exact) mass is 356 g/mol. The van der Waals surface area contributed by atoms with Gasteiger partial charge in [-0.1, -0.05) is 18.2 Å². The molecule has 1 N–H and O–H groups in total. The molecule has 0 aliphatic carbocycles. The maximum absolute atomic E-state index is 12.6. The van der Waals surface area contributed by atoms with Gasteiger partial charge < -0.3 is 10.2 Å². The lowest BCUT2D eigenvalue weighted by molar-refractivity contribution is -0.122. The highest BCUT2D eigenvalue weighted by atomic mass is 16.2. The van der Waals surface area contributed by atoms with Crippen LogP contribution in [0.4, 0.5) is 0 Å². The van der Waals surface area contributed by atoms with Crippen molar-refractivity contribution in [3.05, 3.63) is 58.0 Å². The van der Waals surface area contributed by atoms with Crippen LogP contribution in [0.5, 0.6) is 0 Å². The number of carbonyl (C=O) groups is 2. The van der Waals surface area contributed by atoms with Gasteiger partial charge in [0.1, 0.15) is 0 Å². The number of rotatable bonds is 4. The Morgan fingerprint density at radius 1 is 1.19 bits per heavy atom. The summed E-state index contributed by atoms with van der Waals surface area (Å²) in [6.07, 6.45) is 0. The third-order valence-corrected chi connectivity index (χ3v) is 3.55. The van der Waals surface area contributed by atoms with Crippen molar-refractivity contribution in [3.63, 3.8) is 0 Å². The van der Waals surface area contributed by atoms with E-state index in [1.165, 1.54) is 22.7 Å². The molecule has 0 aliphatic rings. The molecule has 2 rings (SSSR count). The lowest BCUT2D eigenvalue weighted by Crippen LogP contribution is -2.47. The van der Waals surface area contributed by atoms with Crippen molar-refractivity contribution in [2.24, 2.45) is 0 Å². The first-order chi connectivity index (χ1) is 12.1. The van der Waals surface area contributed by atoms with E-state index in [0.29, 0.717) is 5.69 Å². The quantitative estimate of drug-likeness (QED) is 0.900. The Morgan fingerprint density at radius 2 is 1.81 bits per heavy atom. The van der Waals surface area contributed by atoms with Gasteiger partial charge in [0.05, 0.1) is 12.2 Å². The third kappa shape index (κ3) is 4.78. The first kappa shape index (κ1) is 19.4. The summed E-state index contributed by atoms with van der Waals surface area (Å²) >= 11 is 0. The summed E-state index contributed by atoms with van der Waals surface area (Å²) in [5.74, 6) is -0.896. The average molecular weight is 356 g/mol. The van der Waals surface area contributed by atoms with Crippen LogP contribution in [-0.2, 0) is 4.79 Å². The van der Waals surface area contributed by atoms with Crippen LogP contribution in [0.2, 0.25) is 0 Å². The average Bonchev–Trinajstić information content (AvgIpc) is 2.53. The summed E-state index contributed by atoms with van der Waals surface area (Å²) < 4.78 is 1.54. The highest BCUT2D eigenvalue weighted by Gasteiger charge is 2.22. The summed E-state index contributed by atoms with van der Waals surface area (Å²) in [5, 5.41) is 7.01. The number of hydrogen-bond donors (Lipinski definition) is 1. The first-order valence-electron chi connectivity index (χ1n) is 8.31. The van der Waals surface area contributed by atoms with Crippen LogP contribution in [0.1, 0.15) is 37.0 Å². The zero-order chi connectivity index (χ0) is 19.5. The van der Waals surface area contributed by atoms with Crippen LogP contribution >= 0.6 is 0 Å². The summed E-state index contributed by atoms with van der Waals surface area (Å²) in [5.41, 5.74) is 0.273. The van der Waals surface area contributed by atoms with Gasteiger partial charge in [0.25, 0.3) is 5.91 Å². The molecule has 1 aromatic carbocycles. The van der Waals surface area contributed by atoms with Gasteiger partial charge in [0.15, 0.2) is 5.69 Å². The van der Waals surface area contributed by atoms with E-state index in [0.717, 1.165) is 5.69 Å². The minimum atomic E-state index is -0.594. The Balaban J connectivity index is 2.29. The van der Waals surface area contributed by atoms with Crippen LogP contribution < -0.4 is 10.7 Å². The molecule has 0 bridgehead atoms. The summed E-state index contributed by atoms with van der Waals surface area (Å²) in [6.45, 7) is 7.15. The number of amides is 2. The first-order valence-corrected chi connectivity index (χ1v) is 8.31. The predicted molar refractivity (Wildman–Crippen MR) is 99.4 cm³/mol. The fourth-order valence-electron chi connectivity index (χ4n) is 2.45. The third-order valence-electron chi connectivity index (χ3n) is 3.55. The van der Waals surface area contributed by atoms with Gasteiger partial charge in [-0.15, -0.1) is 0 Å². The minimum Gasteiger partial charge on any atom is -0.350 e. The van der Waals surface area contributed by atoms with Gasteiger partial charge in [-0.25, -0.2) is 4.68 Å². The molecule has 0 fully saturated rings. The van der Waals surface area contributed by atoms with E-state index in [4.69, 9.17) is 0 Å². The standard InChI is InChI=1S/C19H24N4O3/c1-13-11-15(24)17(21-23(13)14-9-7-6-8-10-14)18(26)22(5)12-16(25)20-19(2,3)4/h6-11H,12H2,1-5H3,(H,20,25). The van der Waals surface area contributed by atoms with E-state index >= 15 is 0 Å². The number of likely N-dealkylation sites (N-methyl/N-ethyl adjacent to an activating group) is 1. The molecule has 2 aromatic rings. The number of para-hydroxylation sites is 1. The molecule has 26 heavy (non-hydrogen) atoms. The van der Waals surface area contributed by atoms with Crippen molar-refractivity contribution in [2.75, 3.05) is 13.6 Å². The largest absolute Gasteiger partial charge is 0.350 e. The minimum absolute atomic E-state index is 0.156. The number of aryl methyl sites for hydroxylation is 1. The molecule has 1 heterocycles. The number of benzene rings is 1. The van der Waals surface area contributed by atoms with E-state index in [1.54, 1.807) is 6.92 Å². The van der Waals surface area contributed by atoms with Crippen molar-refractivity contribution in [3.8, 4) is 5.69 Å². The van der Waals surface area contributed by atoms with E-state index in [1.807, 2.05) is 51.1 Å². The second-order valence-corrected chi connectivity index (χ2v) is 7.21. The normalized spacial score (nSPS) is 11.1. The van der Waals surface area contributed by atoms with Gasteiger partial charge in [-0.05, 0) is 39.8 Å². The number of nitrogens with one attached hydrogen (secondary N) is 1. The van der Waals surface area contributed by atoms with Crippen LogP contribution in [0.25, 0.3) is 5.69 Å². The molecule has 0 aliphatic heterocycles. The Labute approximate surface area is 152 Å². The number of carbonyl (C=O) groups excluding carboxylic acids is 2. The fraction of sp³-hybridized carbons (Fsp3) is 0.368. The molecule has 2 amide bonds. The number of hydrogen-bond acceptors (Lipinski definition) is 4. The number of nitrogens with zero attached hydrogens (tertiary/aromatic N) is 3. The zero-order valence-corrected chi connectivity index (χ0v) is 15.7. The SMILES string of the molecule is Cc1cc(=O)c(C(=O)N(C)CC(=O)NC(C)(C)C)nn1-c1ccccc1. The molecular weight excluding hydrogens is 332 g/mol. The van der Waals surface area contributed by atoms with E-state index < -0.39 is 16.9 Å². The summed E-state index contributed by atoms with van der Waals surface area (Å²) in [4.78, 5) is 38.1. The molecule has 0 spiro atoms. The second kappa shape index (κ2) is 7.51. The highest BCUT2D eigenvalue weighted by Crippen LogP contribution is 2.08. The summed E-state index contributed by atoms with van der Waals surface area (Å²) in [6, 6.07) is 10.6. The molecule has 138 valence electrons.